The van der Waals surface area contributed by atoms with Gasteiger partial charge in [-0.05, 0) is 37.5 Å². The second kappa shape index (κ2) is 9.42. The van der Waals surface area contributed by atoms with Crippen LogP contribution in [0.2, 0.25) is 0 Å². The van der Waals surface area contributed by atoms with E-state index in [0.29, 0.717) is 11.5 Å². The van der Waals surface area contributed by atoms with Gasteiger partial charge in [-0.2, -0.15) is 0 Å². The van der Waals surface area contributed by atoms with E-state index in [1.54, 1.807) is 0 Å². The molecule has 1 saturated heterocycles. The zero-order valence-corrected chi connectivity index (χ0v) is 16.4. The summed E-state index contributed by atoms with van der Waals surface area (Å²) in [5.41, 5.74) is 1.92. The first kappa shape index (κ1) is 19.2. The summed E-state index contributed by atoms with van der Waals surface area (Å²) in [5.74, 6) is 0.788. The SMILES string of the molecule is Cc1cccc(NC(=O)CSCC(=O)N2CCN(C3CCCC3)CC2)c1. The van der Waals surface area contributed by atoms with E-state index in [9.17, 15) is 9.59 Å². The average molecular weight is 376 g/mol. The van der Waals surface area contributed by atoms with Crippen molar-refractivity contribution in [1.82, 2.24) is 9.80 Å². The Hall–Kier alpha value is -1.53. The molecule has 1 N–H and O–H groups in total. The number of nitrogens with one attached hydrogen (secondary N) is 1. The predicted octanol–water partition coefficient (Wildman–Crippen LogP) is 2.75. The Kier molecular flexibility index (Phi) is 6.97. The number of carbonyl (C=O) groups is 2. The summed E-state index contributed by atoms with van der Waals surface area (Å²) in [6.45, 7) is 5.64. The van der Waals surface area contributed by atoms with Crippen LogP contribution in [0.15, 0.2) is 24.3 Å². The summed E-state index contributed by atoms with van der Waals surface area (Å²) in [7, 11) is 0. The molecular weight excluding hydrogens is 346 g/mol. The van der Waals surface area contributed by atoms with Gasteiger partial charge in [0.1, 0.15) is 0 Å². The molecule has 5 nitrogen and oxygen atoms in total. The van der Waals surface area contributed by atoms with Crippen LogP contribution in [-0.2, 0) is 9.59 Å². The van der Waals surface area contributed by atoms with Gasteiger partial charge < -0.3 is 10.2 Å². The molecule has 0 unspecified atom stereocenters. The molecule has 26 heavy (non-hydrogen) atoms. The van der Waals surface area contributed by atoms with Crippen molar-refractivity contribution in [2.75, 3.05) is 43.0 Å². The second-order valence-electron chi connectivity index (χ2n) is 7.27. The van der Waals surface area contributed by atoms with E-state index >= 15 is 0 Å². The normalized spacial score (nSPS) is 18.9. The van der Waals surface area contributed by atoms with Crippen LogP contribution in [0.25, 0.3) is 0 Å². The Morgan fingerprint density at radius 2 is 1.85 bits per heavy atom. The molecule has 0 radical (unpaired) electrons. The Labute approximate surface area is 160 Å². The molecule has 6 heteroatoms. The van der Waals surface area contributed by atoms with Crippen LogP contribution in [0.1, 0.15) is 31.2 Å². The van der Waals surface area contributed by atoms with Gasteiger partial charge in [-0.15, -0.1) is 11.8 Å². The van der Waals surface area contributed by atoms with Crippen LogP contribution in [-0.4, -0.2) is 65.3 Å². The lowest BCUT2D eigenvalue weighted by Gasteiger charge is -2.38. The van der Waals surface area contributed by atoms with Gasteiger partial charge in [-0.25, -0.2) is 0 Å². The van der Waals surface area contributed by atoms with Crippen molar-refractivity contribution in [3.05, 3.63) is 29.8 Å². The molecule has 1 aliphatic heterocycles. The fourth-order valence-electron chi connectivity index (χ4n) is 3.85. The maximum atomic E-state index is 12.4. The number of aryl methyl sites for hydroxylation is 1. The third kappa shape index (κ3) is 5.48. The van der Waals surface area contributed by atoms with Crippen LogP contribution < -0.4 is 5.32 Å². The number of hydrogen-bond acceptors (Lipinski definition) is 4. The standard InChI is InChI=1S/C20H29N3O2S/c1-16-5-4-6-17(13-16)21-19(24)14-26-15-20(25)23-11-9-22(10-12-23)18-7-2-3-8-18/h4-6,13,18H,2-3,7-12,14-15H2,1H3,(H,21,24). The molecule has 2 amide bonds. The number of rotatable bonds is 6. The van der Waals surface area contributed by atoms with Crippen LogP contribution in [0, 0.1) is 6.92 Å². The van der Waals surface area contributed by atoms with Gasteiger partial charge >= 0.3 is 0 Å². The summed E-state index contributed by atoms with van der Waals surface area (Å²) in [4.78, 5) is 28.9. The maximum Gasteiger partial charge on any atom is 0.234 e. The number of amides is 2. The van der Waals surface area contributed by atoms with Crippen LogP contribution >= 0.6 is 11.8 Å². The van der Waals surface area contributed by atoms with Gasteiger partial charge in [0.05, 0.1) is 11.5 Å². The third-order valence-corrected chi connectivity index (χ3v) is 6.19. The van der Waals surface area contributed by atoms with Gasteiger partial charge in [0.2, 0.25) is 11.8 Å². The minimum Gasteiger partial charge on any atom is -0.339 e. The molecule has 2 fully saturated rings. The first-order chi connectivity index (χ1) is 12.6. The first-order valence-electron chi connectivity index (χ1n) is 9.58. The number of nitrogens with zero attached hydrogens (tertiary/aromatic N) is 2. The van der Waals surface area contributed by atoms with Gasteiger partial charge in [-0.3, -0.25) is 14.5 Å². The minimum atomic E-state index is -0.0561. The number of thioether (sulfide) groups is 1. The highest BCUT2D eigenvalue weighted by atomic mass is 32.2. The van der Waals surface area contributed by atoms with Crippen molar-refractivity contribution in [2.24, 2.45) is 0 Å². The quantitative estimate of drug-likeness (QED) is 0.831. The van der Waals surface area contributed by atoms with Crippen LogP contribution in [0.5, 0.6) is 0 Å². The van der Waals surface area contributed by atoms with E-state index in [4.69, 9.17) is 0 Å². The Morgan fingerprint density at radius 1 is 1.12 bits per heavy atom. The molecule has 1 aromatic carbocycles. The van der Waals surface area contributed by atoms with Gasteiger partial charge in [0.25, 0.3) is 0 Å². The molecule has 0 bridgehead atoms. The average Bonchev–Trinajstić information content (AvgIpc) is 3.16. The highest BCUT2D eigenvalue weighted by Crippen LogP contribution is 2.24. The monoisotopic (exact) mass is 375 g/mol. The minimum absolute atomic E-state index is 0.0561. The predicted molar refractivity (Wildman–Crippen MR) is 108 cm³/mol. The topological polar surface area (TPSA) is 52.7 Å². The van der Waals surface area contributed by atoms with E-state index < -0.39 is 0 Å². The molecule has 1 saturated carbocycles. The van der Waals surface area contributed by atoms with E-state index in [1.807, 2.05) is 36.1 Å². The fourth-order valence-corrected chi connectivity index (χ4v) is 4.56. The highest BCUT2D eigenvalue weighted by molar-refractivity contribution is 8.00. The highest BCUT2D eigenvalue weighted by Gasteiger charge is 2.27. The zero-order valence-electron chi connectivity index (χ0n) is 15.6. The summed E-state index contributed by atoms with van der Waals surface area (Å²) in [6.07, 6.45) is 5.34. The molecular formula is C20H29N3O2S. The number of piperazine rings is 1. The molecule has 1 aliphatic carbocycles. The van der Waals surface area contributed by atoms with E-state index in [-0.39, 0.29) is 11.8 Å². The van der Waals surface area contributed by atoms with Gasteiger partial charge in [0, 0.05) is 37.9 Å². The van der Waals surface area contributed by atoms with Crippen molar-refractivity contribution in [3.8, 4) is 0 Å². The maximum absolute atomic E-state index is 12.4. The molecule has 1 heterocycles. The summed E-state index contributed by atoms with van der Waals surface area (Å²) < 4.78 is 0. The van der Waals surface area contributed by atoms with Crippen LogP contribution in [0.3, 0.4) is 0 Å². The fraction of sp³-hybridized carbons (Fsp3) is 0.600. The first-order valence-corrected chi connectivity index (χ1v) is 10.7. The summed E-state index contributed by atoms with van der Waals surface area (Å²) in [6, 6.07) is 8.48. The van der Waals surface area contributed by atoms with Crippen molar-refractivity contribution in [2.45, 2.75) is 38.6 Å². The van der Waals surface area contributed by atoms with E-state index in [2.05, 4.69) is 10.2 Å². The van der Waals surface area contributed by atoms with E-state index in [0.717, 1.165) is 43.5 Å². The third-order valence-electron chi connectivity index (χ3n) is 5.27. The Morgan fingerprint density at radius 3 is 2.54 bits per heavy atom. The van der Waals surface area contributed by atoms with E-state index in [1.165, 1.54) is 37.4 Å². The van der Waals surface area contributed by atoms with Crippen molar-refractivity contribution < 1.29 is 9.59 Å². The molecule has 142 valence electrons. The molecule has 0 atom stereocenters. The lowest BCUT2D eigenvalue weighted by atomic mass is 10.2. The number of hydrogen-bond donors (Lipinski definition) is 1. The van der Waals surface area contributed by atoms with Gasteiger partial charge in [-0.1, -0.05) is 25.0 Å². The second-order valence-corrected chi connectivity index (χ2v) is 8.25. The largest absolute Gasteiger partial charge is 0.339 e. The molecule has 0 aromatic heterocycles. The lowest BCUT2D eigenvalue weighted by molar-refractivity contribution is -0.130. The smallest absolute Gasteiger partial charge is 0.234 e. The number of benzene rings is 1. The Balaban J connectivity index is 1.33. The number of anilines is 1. The molecule has 0 spiro atoms. The van der Waals surface area contributed by atoms with Crippen molar-refractivity contribution in [1.29, 1.82) is 0 Å². The molecule has 2 aliphatic rings. The summed E-state index contributed by atoms with van der Waals surface area (Å²) in [5, 5.41) is 2.88. The van der Waals surface area contributed by atoms with Crippen LogP contribution in [0.4, 0.5) is 5.69 Å². The Bertz CT molecular complexity index is 623. The van der Waals surface area contributed by atoms with Crippen molar-refractivity contribution in [3.63, 3.8) is 0 Å². The van der Waals surface area contributed by atoms with Gasteiger partial charge in [0.15, 0.2) is 0 Å². The number of carbonyl (C=O) groups excluding carboxylic acids is 2. The molecule has 3 rings (SSSR count). The summed E-state index contributed by atoms with van der Waals surface area (Å²) >= 11 is 1.40. The molecule has 1 aromatic rings. The van der Waals surface area contributed by atoms with Crippen molar-refractivity contribution >= 4 is 29.3 Å². The lowest BCUT2D eigenvalue weighted by Crippen LogP contribution is -2.51. The zero-order chi connectivity index (χ0) is 18.4.